The molecule has 6 heteroatoms. The first-order chi connectivity index (χ1) is 13.0. The van der Waals surface area contributed by atoms with E-state index < -0.39 is 0 Å². The highest BCUT2D eigenvalue weighted by Gasteiger charge is 2.15. The number of amides is 1. The number of aryl methyl sites for hydroxylation is 1. The Labute approximate surface area is 170 Å². The maximum atomic E-state index is 12.7. The molecule has 0 spiro atoms. The van der Waals surface area contributed by atoms with Crippen LogP contribution in [0.4, 0.5) is 5.69 Å². The number of anilines is 1. The molecule has 1 N–H and O–H groups in total. The zero-order chi connectivity index (χ0) is 19.0. The van der Waals surface area contributed by atoms with Gasteiger partial charge in [-0.15, -0.1) is 11.3 Å². The third-order valence-electron chi connectivity index (χ3n) is 4.22. The van der Waals surface area contributed by atoms with Crippen LogP contribution in [0, 0.1) is 6.92 Å². The number of thiazole rings is 1. The van der Waals surface area contributed by atoms with E-state index in [2.05, 4.69) is 16.4 Å². The highest BCUT2D eigenvalue weighted by Crippen LogP contribution is 2.33. The molecule has 0 bridgehead atoms. The SMILES string of the molecule is Cc1ccc(-c2nc3ccccc3s2)cc1NC(=O)c1cccc(Cl)c1Cl. The third-order valence-corrected chi connectivity index (χ3v) is 6.13. The molecule has 0 atom stereocenters. The molecule has 4 rings (SSSR count). The number of para-hydroxylation sites is 1. The van der Waals surface area contributed by atoms with E-state index in [1.165, 1.54) is 0 Å². The molecule has 0 saturated carbocycles. The summed E-state index contributed by atoms with van der Waals surface area (Å²) in [5.74, 6) is -0.299. The summed E-state index contributed by atoms with van der Waals surface area (Å²) in [5.41, 5.74) is 3.93. The molecule has 0 unspecified atom stereocenters. The van der Waals surface area contributed by atoms with Crippen LogP contribution in [0.15, 0.2) is 60.7 Å². The van der Waals surface area contributed by atoms with Gasteiger partial charge in [0, 0.05) is 11.3 Å². The molecule has 1 amide bonds. The molecular formula is C21H14Cl2N2OS. The van der Waals surface area contributed by atoms with Crippen molar-refractivity contribution in [3.63, 3.8) is 0 Å². The summed E-state index contributed by atoms with van der Waals surface area (Å²) in [7, 11) is 0. The lowest BCUT2D eigenvalue weighted by atomic mass is 10.1. The van der Waals surface area contributed by atoms with Crippen molar-refractivity contribution in [3.8, 4) is 10.6 Å². The molecule has 0 aliphatic rings. The zero-order valence-electron chi connectivity index (χ0n) is 14.3. The van der Waals surface area contributed by atoms with Crippen LogP contribution < -0.4 is 5.32 Å². The van der Waals surface area contributed by atoms with E-state index in [-0.39, 0.29) is 10.9 Å². The summed E-state index contributed by atoms with van der Waals surface area (Å²) in [5, 5.41) is 4.44. The van der Waals surface area contributed by atoms with E-state index in [9.17, 15) is 4.79 Å². The van der Waals surface area contributed by atoms with Gasteiger partial charge >= 0.3 is 0 Å². The maximum absolute atomic E-state index is 12.7. The summed E-state index contributed by atoms with van der Waals surface area (Å²) >= 11 is 13.8. The molecule has 27 heavy (non-hydrogen) atoms. The highest BCUT2D eigenvalue weighted by atomic mass is 35.5. The quantitative estimate of drug-likeness (QED) is 0.400. The van der Waals surface area contributed by atoms with Gasteiger partial charge in [0.2, 0.25) is 0 Å². The normalized spacial score (nSPS) is 10.9. The minimum Gasteiger partial charge on any atom is -0.322 e. The van der Waals surface area contributed by atoms with E-state index >= 15 is 0 Å². The molecule has 0 aliphatic heterocycles. The average Bonchev–Trinajstić information content (AvgIpc) is 3.10. The Morgan fingerprint density at radius 2 is 1.85 bits per heavy atom. The van der Waals surface area contributed by atoms with E-state index in [1.54, 1.807) is 29.5 Å². The molecule has 1 aromatic heterocycles. The summed E-state index contributed by atoms with van der Waals surface area (Å²) < 4.78 is 1.13. The number of rotatable bonds is 3. The lowest BCUT2D eigenvalue weighted by Crippen LogP contribution is -2.13. The van der Waals surface area contributed by atoms with Crippen molar-refractivity contribution >= 4 is 56.3 Å². The fourth-order valence-corrected chi connectivity index (χ4v) is 4.10. The fourth-order valence-electron chi connectivity index (χ4n) is 2.75. The number of hydrogen-bond donors (Lipinski definition) is 1. The molecular weight excluding hydrogens is 399 g/mol. The molecule has 3 aromatic carbocycles. The largest absolute Gasteiger partial charge is 0.322 e. The smallest absolute Gasteiger partial charge is 0.257 e. The van der Waals surface area contributed by atoms with E-state index in [0.717, 1.165) is 26.4 Å². The Hall–Kier alpha value is -2.40. The predicted molar refractivity (Wildman–Crippen MR) is 114 cm³/mol. The second kappa shape index (κ2) is 7.31. The van der Waals surface area contributed by atoms with Crippen molar-refractivity contribution in [3.05, 3.63) is 81.8 Å². The van der Waals surface area contributed by atoms with Gasteiger partial charge < -0.3 is 5.32 Å². The van der Waals surface area contributed by atoms with Crippen LogP contribution in [0.2, 0.25) is 10.0 Å². The summed E-state index contributed by atoms with van der Waals surface area (Å²) in [6, 6.07) is 18.9. The van der Waals surface area contributed by atoms with Crippen LogP contribution in [0.1, 0.15) is 15.9 Å². The number of benzene rings is 3. The van der Waals surface area contributed by atoms with E-state index in [0.29, 0.717) is 16.3 Å². The molecule has 0 fully saturated rings. The second-order valence-corrected chi connectivity index (χ2v) is 7.89. The number of nitrogens with zero attached hydrogens (tertiary/aromatic N) is 1. The number of carbonyl (C=O) groups is 1. The van der Waals surface area contributed by atoms with Crippen molar-refractivity contribution in [2.75, 3.05) is 5.32 Å². The van der Waals surface area contributed by atoms with Gasteiger partial charge in [-0.05, 0) is 42.8 Å². The standard InChI is InChI=1S/C21H14Cl2N2OS/c1-12-9-10-13(21-25-16-7-2-3-8-18(16)27-21)11-17(12)24-20(26)14-5-4-6-15(22)19(14)23/h2-11H,1H3,(H,24,26). The molecule has 134 valence electrons. The number of fused-ring (bicyclic) bond motifs is 1. The van der Waals surface area contributed by atoms with Gasteiger partial charge in [-0.3, -0.25) is 4.79 Å². The molecule has 1 heterocycles. The van der Waals surface area contributed by atoms with Crippen molar-refractivity contribution in [1.29, 1.82) is 0 Å². The van der Waals surface area contributed by atoms with Crippen LogP contribution in [0.25, 0.3) is 20.8 Å². The highest BCUT2D eigenvalue weighted by molar-refractivity contribution is 7.21. The van der Waals surface area contributed by atoms with Gasteiger partial charge in [0.05, 0.1) is 25.8 Å². The molecule has 0 saturated heterocycles. The third kappa shape index (κ3) is 3.56. The molecule has 0 aliphatic carbocycles. The number of nitrogens with one attached hydrogen (secondary N) is 1. The maximum Gasteiger partial charge on any atom is 0.257 e. The minimum atomic E-state index is -0.299. The van der Waals surface area contributed by atoms with Crippen molar-refractivity contribution in [2.45, 2.75) is 6.92 Å². The Bertz CT molecular complexity index is 1140. The van der Waals surface area contributed by atoms with Gasteiger partial charge in [0.1, 0.15) is 5.01 Å². The first-order valence-corrected chi connectivity index (χ1v) is 9.82. The monoisotopic (exact) mass is 412 g/mol. The van der Waals surface area contributed by atoms with E-state index in [4.69, 9.17) is 23.2 Å². The van der Waals surface area contributed by atoms with Gasteiger partial charge in [-0.1, -0.05) is 53.5 Å². The first-order valence-electron chi connectivity index (χ1n) is 8.25. The number of halogens is 2. The van der Waals surface area contributed by atoms with Gasteiger partial charge in [0.15, 0.2) is 0 Å². The Kier molecular flexibility index (Phi) is 4.87. The zero-order valence-corrected chi connectivity index (χ0v) is 16.6. The number of carbonyl (C=O) groups excluding carboxylic acids is 1. The Morgan fingerprint density at radius 1 is 1.04 bits per heavy atom. The van der Waals surface area contributed by atoms with Crippen molar-refractivity contribution in [1.82, 2.24) is 4.98 Å². The first kappa shape index (κ1) is 18.0. The van der Waals surface area contributed by atoms with Crippen molar-refractivity contribution < 1.29 is 4.79 Å². The second-order valence-electron chi connectivity index (χ2n) is 6.07. The molecule has 3 nitrogen and oxygen atoms in total. The van der Waals surface area contributed by atoms with Crippen LogP contribution in [-0.4, -0.2) is 10.9 Å². The van der Waals surface area contributed by atoms with E-state index in [1.807, 2.05) is 43.3 Å². The lowest BCUT2D eigenvalue weighted by Gasteiger charge is -2.11. The Morgan fingerprint density at radius 3 is 2.67 bits per heavy atom. The lowest BCUT2D eigenvalue weighted by molar-refractivity contribution is 0.102. The number of hydrogen-bond acceptors (Lipinski definition) is 3. The van der Waals surface area contributed by atoms with Crippen molar-refractivity contribution in [2.24, 2.45) is 0 Å². The molecule has 4 aromatic rings. The van der Waals surface area contributed by atoms with Crippen LogP contribution in [0.5, 0.6) is 0 Å². The number of aromatic nitrogens is 1. The van der Waals surface area contributed by atoms with Gasteiger partial charge in [-0.25, -0.2) is 4.98 Å². The fraction of sp³-hybridized carbons (Fsp3) is 0.0476. The summed E-state index contributed by atoms with van der Waals surface area (Å²) in [6.45, 7) is 1.94. The molecule has 0 radical (unpaired) electrons. The topological polar surface area (TPSA) is 42.0 Å². The van der Waals surface area contributed by atoms with Crippen LogP contribution >= 0.6 is 34.5 Å². The predicted octanol–water partition coefficient (Wildman–Crippen LogP) is 6.83. The summed E-state index contributed by atoms with van der Waals surface area (Å²) in [6.07, 6.45) is 0. The Balaban J connectivity index is 1.68. The van der Waals surface area contributed by atoms with Crippen LogP contribution in [0.3, 0.4) is 0 Å². The summed E-state index contributed by atoms with van der Waals surface area (Å²) in [4.78, 5) is 17.3. The minimum absolute atomic E-state index is 0.247. The average molecular weight is 413 g/mol. The van der Waals surface area contributed by atoms with Gasteiger partial charge in [0.25, 0.3) is 5.91 Å². The van der Waals surface area contributed by atoms with Crippen LogP contribution in [-0.2, 0) is 0 Å². The van der Waals surface area contributed by atoms with Gasteiger partial charge in [-0.2, -0.15) is 0 Å².